The molecule has 0 aromatic heterocycles. The van der Waals surface area contributed by atoms with E-state index in [2.05, 4.69) is 0 Å². The summed E-state index contributed by atoms with van der Waals surface area (Å²) in [5.41, 5.74) is 0. The zero-order chi connectivity index (χ0) is 2.71. The largest absolute Gasteiger partial charge is 2.00 e. The molecule has 6 heteroatoms. The first kappa shape index (κ1) is 26.9. The Morgan fingerprint density at radius 3 is 1.33 bits per heavy atom. The van der Waals surface area contributed by atoms with Gasteiger partial charge in [0.15, 0.2) is 5.34 Å². The van der Waals surface area contributed by atoms with Crippen LogP contribution in [0.25, 0.3) is 0 Å². The Morgan fingerprint density at radius 2 is 1.33 bits per heavy atom. The van der Waals surface area contributed by atoms with Crippen LogP contribution in [0.1, 0.15) is 0 Å². The van der Waals surface area contributed by atoms with Crippen molar-refractivity contribution in [3.05, 3.63) is 4.91 Å². The molecular weight excluding hydrogens is 157 g/mol. The van der Waals surface area contributed by atoms with Gasteiger partial charge in [-0.25, -0.2) is 0 Å². The van der Waals surface area contributed by atoms with Gasteiger partial charge in [0.25, 0.3) is 0 Å². The quantitative estimate of drug-likeness (QED) is 0.216. The van der Waals surface area contributed by atoms with E-state index in [0.29, 0.717) is 0 Å². The van der Waals surface area contributed by atoms with Crippen LogP contribution in [0, 0.1) is 4.91 Å². The van der Waals surface area contributed by atoms with Gasteiger partial charge < -0.3 is 30.0 Å². The summed E-state index contributed by atoms with van der Waals surface area (Å²) in [7, 11) is 0. The molecule has 0 saturated carbocycles. The van der Waals surface area contributed by atoms with E-state index in [1.54, 1.807) is 0 Å². The minimum atomic E-state index is 0. The maximum atomic E-state index is 8.11. The van der Waals surface area contributed by atoms with Crippen LogP contribution >= 0.6 is 0 Å². The Morgan fingerprint density at radius 1 is 1.33 bits per heavy atom. The molecule has 0 radical (unpaired) electrons. The van der Waals surface area contributed by atoms with Gasteiger partial charge in [0.05, 0.1) is 0 Å². The predicted octanol–water partition coefficient (Wildman–Crippen LogP) is -6.23. The number of rotatable bonds is 0. The average molecular weight is 158 g/mol. The molecule has 1 N–H and O–H groups in total. The standard InChI is InChI=1S/Ca.2ClH.HNO2/c;;;2-1-3/h;2*1H;(H,2,3)/q+2;;;/p-2. The van der Waals surface area contributed by atoms with E-state index < -0.39 is 0 Å². The third-order valence-electron chi connectivity index (χ3n) is 0. The molecule has 0 rings (SSSR count). The molecule has 3 nitrogen and oxygen atoms in total. The fourth-order valence-corrected chi connectivity index (χ4v) is 0. The van der Waals surface area contributed by atoms with Gasteiger partial charge in [-0.2, -0.15) is 0 Å². The van der Waals surface area contributed by atoms with Crippen LogP contribution in [-0.2, 0) is 0 Å². The molecule has 0 atom stereocenters. The van der Waals surface area contributed by atoms with Gasteiger partial charge in [-0.3, -0.25) is 0 Å². The van der Waals surface area contributed by atoms with E-state index in [1.807, 2.05) is 0 Å². The normalized spacial score (nSPS) is 2.00. The Hall–Kier alpha value is 1.24. The summed E-state index contributed by atoms with van der Waals surface area (Å²) in [6.07, 6.45) is 0. The second-order valence-electron chi connectivity index (χ2n) is 0.0816. The average Bonchev–Trinajstić information content (AvgIpc) is 0.918. The molecule has 0 unspecified atom stereocenters. The molecular formula is HCaCl2NO2. The van der Waals surface area contributed by atoms with Crippen molar-refractivity contribution in [3.63, 3.8) is 0 Å². The second kappa shape index (κ2) is 34.2. The van der Waals surface area contributed by atoms with Crippen LogP contribution in [0.4, 0.5) is 0 Å². The zero-order valence-corrected chi connectivity index (χ0v) is 6.49. The molecule has 0 aliphatic carbocycles. The summed E-state index contributed by atoms with van der Waals surface area (Å²) in [6.45, 7) is 0. The summed E-state index contributed by atoms with van der Waals surface area (Å²) in [5, 5.41) is 7.89. The molecule has 6 heavy (non-hydrogen) atoms. The molecule has 0 heterocycles. The first-order chi connectivity index (χ1) is 1.41. The number of hydrogen-bond donors (Lipinski definition) is 1. The van der Waals surface area contributed by atoms with E-state index in [-0.39, 0.29) is 62.6 Å². The molecule has 0 aliphatic heterocycles. The minimum Gasteiger partial charge on any atom is -1.00 e. The molecule has 0 amide bonds. The predicted molar refractivity (Wildman–Crippen MR) is 13.3 cm³/mol. The summed E-state index contributed by atoms with van der Waals surface area (Å²) in [5.74, 6) is 0. The SMILES string of the molecule is O=NO.[Ca+2].[Cl-].[Cl-]. The van der Waals surface area contributed by atoms with Gasteiger partial charge in [0.2, 0.25) is 0 Å². The fraction of sp³-hybridized carbons (Fsp3) is 0. The van der Waals surface area contributed by atoms with Crippen molar-refractivity contribution < 1.29 is 30.0 Å². The maximum absolute atomic E-state index is 8.11. The molecule has 0 aromatic carbocycles. The summed E-state index contributed by atoms with van der Waals surface area (Å²) in [4.78, 5) is 8.11. The van der Waals surface area contributed by atoms with Crippen molar-refractivity contribution in [2.45, 2.75) is 0 Å². The number of hydrogen-bond acceptors (Lipinski definition) is 2. The minimum absolute atomic E-state index is 0. The second-order valence-corrected chi connectivity index (χ2v) is 0.0816. The first-order valence-electron chi connectivity index (χ1n) is 0.383. The van der Waals surface area contributed by atoms with Crippen LogP contribution in [0.2, 0.25) is 0 Å². The van der Waals surface area contributed by atoms with Crippen LogP contribution in [0.5, 0.6) is 0 Å². The molecule has 34 valence electrons. The Kier molecular flexibility index (Phi) is 153. The van der Waals surface area contributed by atoms with Crippen LogP contribution in [0.3, 0.4) is 0 Å². The summed E-state index contributed by atoms with van der Waals surface area (Å²) < 4.78 is 0. The van der Waals surface area contributed by atoms with Crippen molar-refractivity contribution in [1.29, 1.82) is 0 Å². The van der Waals surface area contributed by atoms with Crippen LogP contribution in [0.15, 0.2) is 5.34 Å². The van der Waals surface area contributed by atoms with E-state index >= 15 is 0 Å². The maximum Gasteiger partial charge on any atom is 2.00 e. The summed E-state index contributed by atoms with van der Waals surface area (Å²) >= 11 is 0. The Labute approximate surface area is 77.2 Å². The Balaban J connectivity index is -0.00000000667. The van der Waals surface area contributed by atoms with E-state index in [9.17, 15) is 0 Å². The molecule has 0 spiro atoms. The number of nitrogens with zero attached hydrogens (tertiary/aromatic N) is 1. The van der Waals surface area contributed by atoms with Crippen molar-refractivity contribution in [3.8, 4) is 0 Å². The van der Waals surface area contributed by atoms with Gasteiger partial charge in [-0.1, -0.05) is 0 Å². The van der Waals surface area contributed by atoms with Gasteiger partial charge >= 0.3 is 37.7 Å². The summed E-state index contributed by atoms with van der Waals surface area (Å²) in [6, 6.07) is 0. The van der Waals surface area contributed by atoms with Crippen LogP contribution in [-0.4, -0.2) is 42.9 Å². The van der Waals surface area contributed by atoms with Crippen molar-refractivity contribution in [2.24, 2.45) is 5.34 Å². The van der Waals surface area contributed by atoms with Gasteiger partial charge in [-0.15, -0.1) is 4.91 Å². The smallest absolute Gasteiger partial charge is 1.00 e. The van der Waals surface area contributed by atoms with Crippen molar-refractivity contribution in [1.82, 2.24) is 0 Å². The third-order valence-corrected chi connectivity index (χ3v) is 0. The topological polar surface area (TPSA) is 49.7 Å². The third kappa shape index (κ3) is 61.3. The Bertz CT molecular complexity index is 19.0. The molecule has 0 bridgehead atoms. The first-order valence-corrected chi connectivity index (χ1v) is 0.383. The van der Waals surface area contributed by atoms with Gasteiger partial charge in [0, 0.05) is 0 Å². The molecule has 0 fully saturated rings. The molecule has 0 aromatic rings. The fourth-order valence-electron chi connectivity index (χ4n) is 0. The zero-order valence-electron chi connectivity index (χ0n) is 2.77. The van der Waals surface area contributed by atoms with E-state index in [4.69, 9.17) is 10.1 Å². The molecule has 0 saturated heterocycles. The monoisotopic (exact) mass is 157 g/mol. The molecule has 0 aliphatic rings. The number of halogens is 2. The van der Waals surface area contributed by atoms with Gasteiger partial charge in [-0.05, 0) is 0 Å². The van der Waals surface area contributed by atoms with E-state index in [0.717, 1.165) is 0 Å². The van der Waals surface area contributed by atoms with Gasteiger partial charge in [0.1, 0.15) is 0 Å². The van der Waals surface area contributed by atoms with Crippen LogP contribution < -0.4 is 24.8 Å². The van der Waals surface area contributed by atoms with Crippen molar-refractivity contribution in [2.75, 3.05) is 0 Å². The van der Waals surface area contributed by atoms with E-state index in [1.165, 1.54) is 5.34 Å². The van der Waals surface area contributed by atoms with Crippen molar-refractivity contribution >= 4 is 37.7 Å².